The van der Waals surface area contributed by atoms with Gasteiger partial charge >= 0.3 is 5.97 Å². The highest BCUT2D eigenvalue weighted by Crippen LogP contribution is 2.25. The number of hydrogen-bond donors (Lipinski definition) is 2. The smallest absolute Gasteiger partial charge is 0.337 e. The highest BCUT2D eigenvalue weighted by atomic mass is 16.5. The molecule has 1 aromatic heterocycles. The Bertz CT molecular complexity index is 1450. The standard InChI is InChI=1S/C27H25N3O4/c1-16-11-21(27(33)34-4)9-10-24(16)30-17(2)12-22(18(30)3)15-28-29-26(32)23-13-19-7-5-6-8-20(19)14-25(23)31/h5-15,31H,1-4H3,(H,29,32). The Hall–Kier alpha value is -4.39. The lowest BCUT2D eigenvalue weighted by Crippen LogP contribution is -2.17. The molecule has 0 bridgehead atoms. The number of carbonyl (C=O) groups excluding carboxylic acids is 2. The topological polar surface area (TPSA) is 92.9 Å². The SMILES string of the molecule is COC(=O)c1ccc(-n2c(C)cc(C=NNC(=O)c3cc4ccccc4cc3O)c2C)c(C)c1. The number of aryl methyl sites for hydroxylation is 2. The second-order valence-electron chi connectivity index (χ2n) is 8.07. The fourth-order valence-corrected chi connectivity index (χ4v) is 4.07. The predicted octanol–water partition coefficient (Wildman–Crippen LogP) is 4.81. The maximum absolute atomic E-state index is 12.6. The number of aromatic hydroxyl groups is 1. The van der Waals surface area contributed by atoms with Gasteiger partial charge in [-0.05, 0) is 73.5 Å². The molecule has 1 amide bonds. The van der Waals surface area contributed by atoms with E-state index in [0.29, 0.717) is 5.56 Å². The molecule has 0 aliphatic rings. The molecule has 0 unspecified atom stereocenters. The molecule has 2 N–H and O–H groups in total. The summed E-state index contributed by atoms with van der Waals surface area (Å²) in [7, 11) is 1.36. The number of fused-ring (bicyclic) bond motifs is 1. The van der Waals surface area contributed by atoms with Crippen molar-refractivity contribution in [1.82, 2.24) is 9.99 Å². The molecule has 4 rings (SSSR count). The van der Waals surface area contributed by atoms with Crippen LogP contribution in [0.3, 0.4) is 0 Å². The number of phenolic OH excluding ortho intramolecular Hbond substituents is 1. The zero-order chi connectivity index (χ0) is 24.4. The molecule has 34 heavy (non-hydrogen) atoms. The fourth-order valence-electron chi connectivity index (χ4n) is 4.07. The number of nitrogens with one attached hydrogen (secondary N) is 1. The number of methoxy groups -OCH3 is 1. The molecule has 7 heteroatoms. The molecule has 0 spiro atoms. The largest absolute Gasteiger partial charge is 0.507 e. The van der Waals surface area contributed by atoms with Crippen molar-refractivity contribution in [1.29, 1.82) is 0 Å². The number of esters is 1. The molecule has 4 aromatic rings. The highest BCUT2D eigenvalue weighted by Gasteiger charge is 2.15. The Morgan fingerprint density at radius 2 is 1.71 bits per heavy atom. The van der Waals surface area contributed by atoms with Crippen LogP contribution in [0, 0.1) is 20.8 Å². The third-order valence-corrected chi connectivity index (χ3v) is 5.81. The van der Waals surface area contributed by atoms with Crippen molar-refractivity contribution >= 4 is 28.9 Å². The number of phenols is 1. The van der Waals surface area contributed by atoms with Crippen molar-refractivity contribution in [2.75, 3.05) is 7.11 Å². The molecule has 0 aliphatic carbocycles. The molecular weight excluding hydrogens is 430 g/mol. The maximum atomic E-state index is 12.6. The number of carbonyl (C=O) groups is 2. The number of benzene rings is 3. The van der Waals surface area contributed by atoms with E-state index in [1.807, 2.05) is 57.2 Å². The van der Waals surface area contributed by atoms with E-state index < -0.39 is 5.91 Å². The van der Waals surface area contributed by atoms with E-state index in [1.54, 1.807) is 30.5 Å². The Morgan fingerprint density at radius 3 is 2.38 bits per heavy atom. The minimum atomic E-state index is -0.498. The van der Waals surface area contributed by atoms with Crippen LogP contribution in [-0.2, 0) is 4.74 Å². The van der Waals surface area contributed by atoms with Crippen LogP contribution in [0.1, 0.15) is 43.2 Å². The summed E-state index contributed by atoms with van der Waals surface area (Å²) in [6, 6.07) is 18.1. The molecule has 0 fully saturated rings. The average Bonchev–Trinajstić information content (AvgIpc) is 3.10. The van der Waals surface area contributed by atoms with Crippen LogP contribution in [0.4, 0.5) is 0 Å². The lowest BCUT2D eigenvalue weighted by Gasteiger charge is -2.13. The van der Waals surface area contributed by atoms with Gasteiger partial charge in [0.2, 0.25) is 0 Å². The van der Waals surface area contributed by atoms with E-state index in [4.69, 9.17) is 4.74 Å². The first-order valence-electron chi connectivity index (χ1n) is 10.7. The first-order chi connectivity index (χ1) is 16.3. The Morgan fingerprint density at radius 1 is 1.00 bits per heavy atom. The van der Waals surface area contributed by atoms with Crippen molar-refractivity contribution in [3.63, 3.8) is 0 Å². The normalized spacial score (nSPS) is 11.2. The summed E-state index contributed by atoms with van der Waals surface area (Å²) < 4.78 is 6.86. The average molecular weight is 456 g/mol. The lowest BCUT2D eigenvalue weighted by atomic mass is 10.1. The van der Waals surface area contributed by atoms with Gasteiger partial charge in [-0.3, -0.25) is 4.79 Å². The molecule has 0 saturated carbocycles. The van der Waals surface area contributed by atoms with Crippen LogP contribution in [-0.4, -0.2) is 34.9 Å². The van der Waals surface area contributed by atoms with Gasteiger partial charge in [-0.2, -0.15) is 5.10 Å². The lowest BCUT2D eigenvalue weighted by molar-refractivity contribution is 0.0600. The van der Waals surface area contributed by atoms with Gasteiger partial charge in [0.25, 0.3) is 5.91 Å². The monoisotopic (exact) mass is 455 g/mol. The van der Waals surface area contributed by atoms with Crippen LogP contribution in [0.5, 0.6) is 5.75 Å². The van der Waals surface area contributed by atoms with Crippen molar-refractivity contribution in [3.8, 4) is 11.4 Å². The number of hydrazone groups is 1. The number of rotatable bonds is 5. The number of hydrogen-bond acceptors (Lipinski definition) is 5. The number of ether oxygens (including phenoxy) is 1. The van der Waals surface area contributed by atoms with Gasteiger partial charge in [0, 0.05) is 22.6 Å². The first kappa shape index (κ1) is 22.8. The van der Waals surface area contributed by atoms with Crippen LogP contribution in [0.25, 0.3) is 16.5 Å². The fraction of sp³-hybridized carbons (Fsp3) is 0.148. The molecule has 0 aliphatic heterocycles. The van der Waals surface area contributed by atoms with E-state index in [9.17, 15) is 14.7 Å². The van der Waals surface area contributed by atoms with Crippen molar-refractivity contribution in [2.45, 2.75) is 20.8 Å². The van der Waals surface area contributed by atoms with Gasteiger partial charge in [0.1, 0.15) is 5.75 Å². The number of nitrogens with zero attached hydrogens (tertiary/aromatic N) is 2. The minimum absolute atomic E-state index is 0.101. The zero-order valence-electron chi connectivity index (χ0n) is 19.4. The van der Waals surface area contributed by atoms with E-state index in [2.05, 4.69) is 15.1 Å². The summed E-state index contributed by atoms with van der Waals surface area (Å²) in [4.78, 5) is 24.4. The zero-order valence-corrected chi connectivity index (χ0v) is 19.4. The summed E-state index contributed by atoms with van der Waals surface area (Å²) in [6.07, 6.45) is 1.58. The molecule has 172 valence electrons. The summed E-state index contributed by atoms with van der Waals surface area (Å²) in [5.74, 6) is -0.977. The Kier molecular flexibility index (Phi) is 6.19. The molecule has 1 heterocycles. The molecule has 0 radical (unpaired) electrons. The van der Waals surface area contributed by atoms with Gasteiger partial charge in [0.05, 0.1) is 24.5 Å². The molecule has 0 saturated heterocycles. The molecular formula is C27H25N3O4. The Balaban J connectivity index is 1.56. The quantitative estimate of drug-likeness (QED) is 0.257. The van der Waals surface area contributed by atoms with Gasteiger partial charge in [0.15, 0.2) is 0 Å². The van der Waals surface area contributed by atoms with E-state index in [-0.39, 0.29) is 17.3 Å². The van der Waals surface area contributed by atoms with Crippen molar-refractivity contribution in [3.05, 3.63) is 94.3 Å². The molecule has 0 atom stereocenters. The maximum Gasteiger partial charge on any atom is 0.337 e. The van der Waals surface area contributed by atoms with E-state index in [1.165, 1.54) is 7.11 Å². The summed E-state index contributed by atoms with van der Waals surface area (Å²) in [5.41, 5.74) is 7.74. The predicted molar refractivity (Wildman–Crippen MR) is 132 cm³/mol. The third kappa shape index (κ3) is 4.28. The minimum Gasteiger partial charge on any atom is -0.507 e. The van der Waals surface area contributed by atoms with Crippen LogP contribution in [0.2, 0.25) is 0 Å². The van der Waals surface area contributed by atoms with Gasteiger partial charge in [-0.25, -0.2) is 10.2 Å². The second kappa shape index (κ2) is 9.23. The van der Waals surface area contributed by atoms with Crippen molar-refractivity contribution < 1.29 is 19.4 Å². The summed E-state index contributed by atoms with van der Waals surface area (Å²) >= 11 is 0. The van der Waals surface area contributed by atoms with E-state index in [0.717, 1.165) is 39.0 Å². The van der Waals surface area contributed by atoms with E-state index >= 15 is 0 Å². The molecule has 3 aromatic carbocycles. The first-order valence-corrected chi connectivity index (χ1v) is 10.7. The Labute approximate surface area is 197 Å². The van der Waals surface area contributed by atoms with Crippen LogP contribution < -0.4 is 5.43 Å². The number of aromatic nitrogens is 1. The highest BCUT2D eigenvalue weighted by molar-refractivity contribution is 6.01. The summed E-state index contributed by atoms with van der Waals surface area (Å²) in [6.45, 7) is 5.87. The van der Waals surface area contributed by atoms with Gasteiger partial charge < -0.3 is 14.4 Å². The van der Waals surface area contributed by atoms with Crippen molar-refractivity contribution in [2.24, 2.45) is 5.10 Å². The van der Waals surface area contributed by atoms with Crippen LogP contribution >= 0.6 is 0 Å². The van der Waals surface area contributed by atoms with Gasteiger partial charge in [-0.1, -0.05) is 24.3 Å². The summed E-state index contributed by atoms with van der Waals surface area (Å²) in [5, 5.41) is 16.1. The number of amides is 1. The van der Waals surface area contributed by atoms with Gasteiger partial charge in [-0.15, -0.1) is 0 Å². The molecule has 7 nitrogen and oxygen atoms in total. The second-order valence-corrected chi connectivity index (χ2v) is 8.07. The third-order valence-electron chi connectivity index (χ3n) is 5.81. The van der Waals surface area contributed by atoms with Crippen LogP contribution in [0.15, 0.2) is 65.8 Å².